The average molecular weight is 349 g/mol. The molecule has 0 spiro atoms. The first-order chi connectivity index (χ1) is 12.0. The van der Waals surface area contributed by atoms with Gasteiger partial charge in [-0.3, -0.25) is 0 Å². The Morgan fingerprint density at radius 3 is 2.00 bits per heavy atom. The van der Waals surface area contributed by atoms with Crippen LogP contribution >= 0.6 is 0 Å². The highest BCUT2D eigenvalue weighted by atomic mass is 16.3. The van der Waals surface area contributed by atoms with Crippen molar-refractivity contribution in [2.75, 3.05) is 0 Å². The summed E-state index contributed by atoms with van der Waals surface area (Å²) in [5.41, 5.74) is 7.15. The van der Waals surface area contributed by atoms with E-state index in [9.17, 15) is 0 Å². The Morgan fingerprint density at radius 2 is 1.38 bits per heavy atom. The second-order valence-electron chi connectivity index (χ2n) is 10.8. The van der Waals surface area contributed by atoms with E-state index in [0.717, 1.165) is 17.6 Å². The Kier molecular flexibility index (Phi) is 3.65. The largest absolute Gasteiger partial charge is 0.456 e. The predicted molar refractivity (Wildman–Crippen MR) is 112 cm³/mol. The van der Waals surface area contributed by atoms with E-state index in [1.54, 1.807) is 0 Å². The Morgan fingerprint density at radius 1 is 0.808 bits per heavy atom. The van der Waals surface area contributed by atoms with Crippen LogP contribution in [0.2, 0.25) is 0 Å². The minimum atomic E-state index is 0.218. The van der Waals surface area contributed by atoms with Crippen LogP contribution in [0.25, 0.3) is 21.9 Å². The van der Waals surface area contributed by atoms with Crippen LogP contribution in [0.1, 0.15) is 78.0 Å². The fraction of sp³-hybridized carbons (Fsp3) is 0.520. The summed E-state index contributed by atoms with van der Waals surface area (Å²) in [5, 5.41) is 2.55. The normalized spacial score (nSPS) is 19.0. The van der Waals surface area contributed by atoms with Crippen molar-refractivity contribution < 1.29 is 4.42 Å². The number of fused-ring (bicyclic) bond motifs is 4. The van der Waals surface area contributed by atoms with Gasteiger partial charge in [0.15, 0.2) is 0 Å². The van der Waals surface area contributed by atoms with E-state index in [1.165, 1.54) is 40.3 Å². The Bertz CT molecular complexity index is 992. The van der Waals surface area contributed by atoms with E-state index in [1.807, 2.05) is 0 Å². The van der Waals surface area contributed by atoms with Crippen molar-refractivity contribution in [1.82, 2.24) is 0 Å². The van der Waals surface area contributed by atoms with Crippen molar-refractivity contribution in [3.05, 3.63) is 47.0 Å². The molecule has 1 aliphatic rings. The summed E-state index contributed by atoms with van der Waals surface area (Å²) in [7, 11) is 0. The fourth-order valence-electron chi connectivity index (χ4n) is 4.61. The highest BCUT2D eigenvalue weighted by molar-refractivity contribution is 6.05. The first-order valence-electron chi connectivity index (χ1n) is 9.97. The first kappa shape index (κ1) is 17.6. The molecule has 1 nitrogen and oxygen atoms in total. The second kappa shape index (κ2) is 5.38. The van der Waals surface area contributed by atoms with Gasteiger partial charge in [0.25, 0.3) is 0 Å². The molecule has 1 heterocycles. The van der Waals surface area contributed by atoms with Crippen LogP contribution in [0.5, 0.6) is 0 Å². The van der Waals surface area contributed by atoms with Crippen molar-refractivity contribution in [2.24, 2.45) is 5.41 Å². The van der Waals surface area contributed by atoms with Crippen molar-refractivity contribution in [2.45, 2.75) is 78.6 Å². The van der Waals surface area contributed by atoms with Gasteiger partial charge >= 0.3 is 0 Å². The summed E-state index contributed by atoms with van der Waals surface area (Å²) in [6.07, 6.45) is 3.55. The molecule has 1 aromatic heterocycles. The molecule has 0 N–H and O–H groups in total. The number of hydrogen-bond acceptors (Lipinski definition) is 1. The maximum atomic E-state index is 6.27. The third-order valence-electron chi connectivity index (χ3n) is 6.24. The van der Waals surface area contributed by atoms with Crippen molar-refractivity contribution >= 4 is 21.9 Å². The smallest absolute Gasteiger partial charge is 0.135 e. The van der Waals surface area contributed by atoms with Gasteiger partial charge in [-0.05, 0) is 76.5 Å². The molecule has 138 valence electrons. The van der Waals surface area contributed by atoms with Crippen molar-refractivity contribution in [1.29, 1.82) is 0 Å². The van der Waals surface area contributed by atoms with E-state index in [-0.39, 0.29) is 10.8 Å². The van der Waals surface area contributed by atoms with Crippen molar-refractivity contribution in [3.63, 3.8) is 0 Å². The maximum Gasteiger partial charge on any atom is 0.135 e. The van der Waals surface area contributed by atoms with Gasteiger partial charge in [-0.25, -0.2) is 0 Å². The molecule has 0 bridgehead atoms. The van der Waals surface area contributed by atoms with Crippen molar-refractivity contribution in [3.8, 4) is 0 Å². The fourth-order valence-corrected chi connectivity index (χ4v) is 4.61. The predicted octanol–water partition coefficient (Wildman–Crippen LogP) is 7.52. The molecular weight excluding hydrogens is 316 g/mol. The number of rotatable bonds is 1. The van der Waals surface area contributed by atoms with E-state index in [0.29, 0.717) is 5.41 Å². The Hall–Kier alpha value is -1.76. The number of benzene rings is 2. The van der Waals surface area contributed by atoms with Gasteiger partial charge in [-0.1, -0.05) is 54.5 Å². The van der Waals surface area contributed by atoms with Gasteiger partial charge in [0, 0.05) is 10.8 Å². The molecule has 0 fully saturated rings. The van der Waals surface area contributed by atoms with Crippen LogP contribution < -0.4 is 0 Å². The summed E-state index contributed by atoms with van der Waals surface area (Å²) >= 11 is 0. The summed E-state index contributed by atoms with van der Waals surface area (Å²) < 4.78 is 6.27. The minimum absolute atomic E-state index is 0.218. The third kappa shape index (κ3) is 2.86. The van der Waals surface area contributed by atoms with Gasteiger partial charge in [0.1, 0.15) is 11.2 Å². The molecule has 26 heavy (non-hydrogen) atoms. The minimum Gasteiger partial charge on any atom is -0.456 e. The van der Waals surface area contributed by atoms with Gasteiger partial charge in [0.05, 0.1) is 0 Å². The highest BCUT2D eigenvalue weighted by Crippen LogP contribution is 2.48. The van der Waals surface area contributed by atoms with Gasteiger partial charge < -0.3 is 4.42 Å². The Labute approximate surface area is 157 Å². The lowest BCUT2D eigenvalue weighted by Gasteiger charge is -2.41. The number of furan rings is 1. The average Bonchev–Trinajstić information content (AvgIpc) is 2.87. The molecule has 0 saturated carbocycles. The van der Waals surface area contributed by atoms with Crippen LogP contribution in [0.15, 0.2) is 34.7 Å². The molecule has 0 aliphatic heterocycles. The van der Waals surface area contributed by atoms with E-state index in [4.69, 9.17) is 4.42 Å². The zero-order valence-electron chi connectivity index (χ0n) is 17.4. The summed E-state index contributed by atoms with van der Waals surface area (Å²) in [6.45, 7) is 16.4. The van der Waals surface area contributed by atoms with E-state index >= 15 is 0 Å². The molecule has 4 rings (SSSR count). The molecule has 1 heteroatoms. The standard InChI is InChI=1S/C25H32O/c1-23(2,3)15-16-8-9-21-17(12-16)18-13-19-20(14-22(18)26-21)25(6,7)11-10-24(19,4)5/h8-9,12-14H,10-11,15H2,1-7H3. The second-order valence-corrected chi connectivity index (χ2v) is 10.8. The zero-order valence-corrected chi connectivity index (χ0v) is 17.4. The van der Waals surface area contributed by atoms with Crippen LogP contribution in [-0.2, 0) is 17.3 Å². The zero-order chi connectivity index (χ0) is 18.9. The summed E-state index contributed by atoms with van der Waals surface area (Å²) in [5.74, 6) is 0. The summed E-state index contributed by atoms with van der Waals surface area (Å²) in [6, 6.07) is 11.5. The van der Waals surface area contributed by atoms with Crippen LogP contribution in [0.4, 0.5) is 0 Å². The first-order valence-corrected chi connectivity index (χ1v) is 9.97. The maximum absolute atomic E-state index is 6.27. The molecule has 0 radical (unpaired) electrons. The molecule has 0 amide bonds. The Balaban J connectivity index is 1.96. The van der Waals surface area contributed by atoms with E-state index < -0.39 is 0 Å². The van der Waals surface area contributed by atoms with Crippen LogP contribution in [0.3, 0.4) is 0 Å². The highest BCUT2D eigenvalue weighted by Gasteiger charge is 2.37. The van der Waals surface area contributed by atoms with Crippen LogP contribution in [-0.4, -0.2) is 0 Å². The van der Waals surface area contributed by atoms with Gasteiger partial charge in [0.2, 0.25) is 0 Å². The SMILES string of the molecule is CC(C)(C)Cc1ccc2oc3cc4c(cc3c2c1)C(C)(C)CCC4(C)C. The lowest BCUT2D eigenvalue weighted by atomic mass is 9.63. The topological polar surface area (TPSA) is 13.1 Å². The third-order valence-corrected chi connectivity index (χ3v) is 6.24. The molecule has 0 saturated heterocycles. The molecular formula is C25H32O. The molecule has 0 unspecified atom stereocenters. The van der Waals surface area contributed by atoms with Crippen LogP contribution in [0, 0.1) is 5.41 Å². The quantitative estimate of drug-likeness (QED) is 0.443. The number of hydrogen-bond donors (Lipinski definition) is 0. The van der Waals surface area contributed by atoms with Gasteiger partial charge in [-0.15, -0.1) is 0 Å². The molecule has 2 aromatic carbocycles. The lowest BCUT2D eigenvalue weighted by Crippen LogP contribution is -2.33. The molecule has 3 aromatic rings. The van der Waals surface area contributed by atoms with Gasteiger partial charge in [-0.2, -0.15) is 0 Å². The molecule has 1 aliphatic carbocycles. The van der Waals surface area contributed by atoms with E-state index in [2.05, 4.69) is 78.8 Å². The lowest BCUT2D eigenvalue weighted by molar-refractivity contribution is 0.332. The molecule has 0 atom stereocenters. The monoisotopic (exact) mass is 348 g/mol. The summed E-state index contributed by atoms with van der Waals surface area (Å²) in [4.78, 5) is 0.